The Morgan fingerprint density at radius 1 is 1.10 bits per heavy atom. The number of Topliss-reactive ketones (excluding diaryl/α,β-unsaturated/α-hetero) is 1. The van der Waals surface area contributed by atoms with Gasteiger partial charge in [0.1, 0.15) is 5.76 Å². The van der Waals surface area contributed by atoms with Crippen molar-refractivity contribution in [3.63, 3.8) is 0 Å². The molecule has 154 valence electrons. The number of rotatable bonds is 7. The lowest BCUT2D eigenvalue weighted by atomic mass is 10.2. The van der Waals surface area contributed by atoms with Gasteiger partial charge in [-0.3, -0.25) is 9.36 Å². The number of hydrogen-bond donors (Lipinski definition) is 0. The molecular weight excluding hydrogens is 396 g/mol. The van der Waals surface area contributed by atoms with E-state index in [4.69, 9.17) is 4.42 Å². The molecule has 7 heteroatoms. The third-order valence-electron chi connectivity index (χ3n) is 5.27. The molecule has 4 rings (SSSR count). The van der Waals surface area contributed by atoms with Crippen molar-refractivity contribution in [3.05, 3.63) is 71.4 Å². The first-order valence-electron chi connectivity index (χ1n) is 9.89. The lowest BCUT2D eigenvalue weighted by Gasteiger charge is -2.10. The summed E-state index contributed by atoms with van der Waals surface area (Å²) in [6.07, 6.45) is 1.65. The van der Waals surface area contributed by atoms with Gasteiger partial charge in [-0.15, -0.1) is 10.2 Å². The lowest BCUT2D eigenvalue weighted by molar-refractivity contribution is 0.102. The topological polar surface area (TPSA) is 65.8 Å². The average molecular weight is 421 g/mol. The Morgan fingerprint density at radius 3 is 2.50 bits per heavy atom. The van der Waals surface area contributed by atoms with Gasteiger partial charge in [0.2, 0.25) is 0 Å². The monoisotopic (exact) mass is 420 g/mol. The zero-order chi connectivity index (χ0) is 21.3. The largest absolute Gasteiger partial charge is 0.469 e. The molecule has 0 spiro atoms. The van der Waals surface area contributed by atoms with E-state index in [1.54, 1.807) is 6.26 Å². The second kappa shape index (κ2) is 8.36. The van der Waals surface area contributed by atoms with E-state index in [-0.39, 0.29) is 5.78 Å². The second-order valence-electron chi connectivity index (χ2n) is 7.11. The highest BCUT2D eigenvalue weighted by molar-refractivity contribution is 7.99. The second-order valence-corrected chi connectivity index (χ2v) is 8.05. The molecule has 6 nitrogen and oxygen atoms in total. The summed E-state index contributed by atoms with van der Waals surface area (Å²) in [4.78, 5) is 13.0. The third kappa shape index (κ3) is 3.61. The summed E-state index contributed by atoms with van der Waals surface area (Å²) < 4.78 is 9.60. The summed E-state index contributed by atoms with van der Waals surface area (Å²) in [5.41, 5.74) is 4.72. The van der Waals surface area contributed by atoms with Gasteiger partial charge in [0.15, 0.2) is 16.8 Å². The summed E-state index contributed by atoms with van der Waals surface area (Å²) in [6.45, 7) is 8.88. The number of furan rings is 1. The van der Waals surface area contributed by atoms with Gasteiger partial charge in [-0.25, -0.2) is 0 Å². The quantitative estimate of drug-likeness (QED) is 0.302. The van der Waals surface area contributed by atoms with E-state index in [1.807, 2.05) is 67.8 Å². The molecule has 0 bridgehead atoms. The highest BCUT2D eigenvalue weighted by Gasteiger charge is 2.21. The van der Waals surface area contributed by atoms with Gasteiger partial charge < -0.3 is 8.98 Å². The van der Waals surface area contributed by atoms with Gasteiger partial charge in [0, 0.05) is 29.2 Å². The van der Waals surface area contributed by atoms with Crippen molar-refractivity contribution >= 4 is 17.5 Å². The Bertz CT molecular complexity index is 1190. The van der Waals surface area contributed by atoms with Crippen molar-refractivity contribution < 1.29 is 9.21 Å². The highest BCUT2D eigenvalue weighted by Crippen LogP contribution is 2.30. The molecular formula is C23H24N4O2S. The maximum atomic E-state index is 13.0. The molecule has 3 heterocycles. The number of thioether (sulfide) groups is 1. The molecule has 0 radical (unpaired) electrons. The van der Waals surface area contributed by atoms with Gasteiger partial charge in [-0.05, 0) is 52.0 Å². The van der Waals surface area contributed by atoms with Crippen molar-refractivity contribution in [2.24, 2.45) is 0 Å². The van der Waals surface area contributed by atoms with Crippen LogP contribution in [0.5, 0.6) is 0 Å². The molecule has 4 aromatic rings. The van der Waals surface area contributed by atoms with Crippen LogP contribution in [0.2, 0.25) is 0 Å². The summed E-state index contributed by atoms with van der Waals surface area (Å²) in [5.74, 6) is 1.87. The van der Waals surface area contributed by atoms with Gasteiger partial charge in [0.25, 0.3) is 0 Å². The number of ketones is 1. The van der Waals surface area contributed by atoms with Crippen LogP contribution in [0.15, 0.2) is 58.3 Å². The maximum absolute atomic E-state index is 13.0. The number of aromatic nitrogens is 4. The fourth-order valence-electron chi connectivity index (χ4n) is 3.74. The number of carbonyl (C=O) groups is 1. The molecule has 0 aliphatic heterocycles. The van der Waals surface area contributed by atoms with E-state index < -0.39 is 0 Å². The summed E-state index contributed by atoms with van der Waals surface area (Å²) in [7, 11) is 0. The molecule has 0 aliphatic carbocycles. The van der Waals surface area contributed by atoms with Crippen LogP contribution in [-0.2, 0) is 6.54 Å². The Morgan fingerprint density at radius 2 is 1.87 bits per heavy atom. The Labute approximate surface area is 179 Å². The zero-order valence-electron chi connectivity index (χ0n) is 17.5. The standard InChI is InChI=1S/C23H24N4O2S/c1-5-26-15(2)13-20(16(26)3)21(28)14-30-23-25-24-22(19-11-12-29-17(19)4)27(23)18-9-7-6-8-10-18/h6-13H,5,14H2,1-4H3. The number of para-hydroxylation sites is 1. The molecule has 0 unspecified atom stereocenters. The molecule has 0 saturated heterocycles. The van der Waals surface area contributed by atoms with Crippen LogP contribution in [0.3, 0.4) is 0 Å². The summed E-state index contributed by atoms with van der Waals surface area (Å²) in [6, 6.07) is 13.8. The van der Waals surface area contributed by atoms with Crippen LogP contribution < -0.4 is 0 Å². The Hall–Kier alpha value is -3.06. The van der Waals surface area contributed by atoms with Crippen molar-refractivity contribution in [2.45, 2.75) is 39.4 Å². The highest BCUT2D eigenvalue weighted by atomic mass is 32.2. The third-order valence-corrected chi connectivity index (χ3v) is 6.20. The number of aryl methyl sites for hydroxylation is 2. The van der Waals surface area contributed by atoms with Gasteiger partial charge >= 0.3 is 0 Å². The van der Waals surface area contributed by atoms with Gasteiger partial charge in [-0.2, -0.15) is 0 Å². The average Bonchev–Trinajstić information content (AvgIpc) is 3.43. The molecule has 3 aromatic heterocycles. The molecule has 30 heavy (non-hydrogen) atoms. The Balaban J connectivity index is 1.66. The maximum Gasteiger partial charge on any atom is 0.196 e. The van der Waals surface area contributed by atoms with Crippen molar-refractivity contribution in [1.29, 1.82) is 0 Å². The van der Waals surface area contributed by atoms with Gasteiger partial charge in [-0.1, -0.05) is 30.0 Å². The molecule has 0 N–H and O–H groups in total. The van der Waals surface area contributed by atoms with E-state index in [9.17, 15) is 4.79 Å². The van der Waals surface area contributed by atoms with Gasteiger partial charge in [0.05, 0.1) is 17.6 Å². The van der Waals surface area contributed by atoms with E-state index >= 15 is 0 Å². The Kier molecular flexibility index (Phi) is 5.63. The SMILES string of the molecule is CCn1c(C)cc(C(=O)CSc2nnc(-c3ccoc3C)n2-c2ccccc2)c1C. The minimum absolute atomic E-state index is 0.0939. The van der Waals surface area contributed by atoms with Crippen LogP contribution in [0, 0.1) is 20.8 Å². The number of hydrogen-bond acceptors (Lipinski definition) is 5. The molecule has 0 saturated carbocycles. The van der Waals surface area contributed by atoms with Crippen LogP contribution in [0.25, 0.3) is 17.1 Å². The van der Waals surface area contributed by atoms with Crippen LogP contribution in [0.1, 0.15) is 34.4 Å². The van der Waals surface area contributed by atoms with Crippen molar-refractivity contribution in [1.82, 2.24) is 19.3 Å². The summed E-state index contributed by atoms with van der Waals surface area (Å²) in [5, 5.41) is 9.48. The molecule has 0 amide bonds. The van der Waals surface area contributed by atoms with Crippen LogP contribution in [-0.4, -0.2) is 30.9 Å². The predicted octanol–water partition coefficient (Wildman–Crippen LogP) is 5.25. The number of benzene rings is 1. The molecule has 1 aromatic carbocycles. The van der Waals surface area contributed by atoms with E-state index in [0.717, 1.165) is 40.5 Å². The molecule has 0 aliphatic rings. The van der Waals surface area contributed by atoms with E-state index in [1.165, 1.54) is 11.8 Å². The first-order chi connectivity index (χ1) is 14.5. The minimum Gasteiger partial charge on any atom is -0.469 e. The smallest absolute Gasteiger partial charge is 0.196 e. The number of nitrogens with zero attached hydrogens (tertiary/aromatic N) is 4. The normalized spacial score (nSPS) is 11.2. The summed E-state index contributed by atoms with van der Waals surface area (Å²) >= 11 is 1.40. The molecule has 0 fully saturated rings. The molecule has 0 atom stereocenters. The minimum atomic E-state index is 0.0939. The first kappa shape index (κ1) is 20.2. The van der Waals surface area contributed by atoms with Crippen molar-refractivity contribution in [3.8, 4) is 17.1 Å². The van der Waals surface area contributed by atoms with Crippen molar-refractivity contribution in [2.75, 3.05) is 5.75 Å². The van der Waals surface area contributed by atoms with E-state index in [0.29, 0.717) is 16.7 Å². The van der Waals surface area contributed by atoms with Crippen LogP contribution >= 0.6 is 11.8 Å². The lowest BCUT2D eigenvalue weighted by Crippen LogP contribution is -2.07. The fourth-order valence-corrected chi connectivity index (χ4v) is 4.58. The van der Waals surface area contributed by atoms with Crippen LogP contribution in [0.4, 0.5) is 0 Å². The van der Waals surface area contributed by atoms with E-state index in [2.05, 4.69) is 21.7 Å². The predicted molar refractivity (Wildman–Crippen MR) is 118 cm³/mol. The zero-order valence-corrected chi connectivity index (χ0v) is 18.4. The fraction of sp³-hybridized carbons (Fsp3) is 0.261. The first-order valence-corrected chi connectivity index (χ1v) is 10.9. The number of carbonyl (C=O) groups excluding carboxylic acids is 1.